The molecule has 1 aliphatic rings. The minimum absolute atomic E-state index is 0.0195. The fraction of sp³-hybridized carbons (Fsp3) is 0.538. The van der Waals surface area contributed by atoms with Crippen molar-refractivity contribution in [2.45, 2.75) is 70.7 Å². The van der Waals surface area contributed by atoms with E-state index in [2.05, 4.69) is 15.6 Å². The van der Waals surface area contributed by atoms with Crippen molar-refractivity contribution < 1.29 is 19.1 Å². The molecule has 0 aliphatic carbocycles. The summed E-state index contributed by atoms with van der Waals surface area (Å²) in [6.45, 7) is 5.88. The summed E-state index contributed by atoms with van der Waals surface area (Å²) in [4.78, 5) is 43.7. The Balaban J connectivity index is 1.48. The van der Waals surface area contributed by atoms with E-state index in [1.54, 1.807) is 26.4 Å². The van der Waals surface area contributed by atoms with Gasteiger partial charge in [0.25, 0.3) is 5.91 Å². The zero-order chi connectivity index (χ0) is 26.0. The van der Waals surface area contributed by atoms with E-state index in [0.717, 1.165) is 44.3 Å². The summed E-state index contributed by atoms with van der Waals surface area (Å²) in [5, 5.41) is 5.42. The fourth-order valence-electron chi connectivity index (χ4n) is 3.85. The number of carbonyl (C=O) groups excluding carboxylic acids is 3. The lowest BCUT2D eigenvalue weighted by atomic mass is 10.1. The van der Waals surface area contributed by atoms with Crippen molar-refractivity contribution in [3.05, 3.63) is 48.4 Å². The van der Waals surface area contributed by atoms with Gasteiger partial charge in [-0.15, -0.1) is 0 Å². The number of hydrogen-bond acceptors (Lipinski definition) is 6. The maximum atomic E-state index is 12.9. The third kappa shape index (κ3) is 8.76. The molecule has 36 heavy (non-hydrogen) atoms. The molecule has 0 bridgehead atoms. The molecule has 10 nitrogen and oxygen atoms in total. The van der Waals surface area contributed by atoms with Gasteiger partial charge in [0.15, 0.2) is 5.82 Å². The maximum absolute atomic E-state index is 12.9. The first kappa shape index (κ1) is 27.3. The number of unbranched alkanes of at least 4 members (excludes halogenated alkanes) is 1. The first-order chi connectivity index (χ1) is 17.2. The molecule has 1 saturated heterocycles. The molecule has 10 heteroatoms. The Kier molecular flexibility index (Phi) is 10.0. The summed E-state index contributed by atoms with van der Waals surface area (Å²) >= 11 is 0. The Morgan fingerprint density at radius 3 is 2.56 bits per heavy atom. The number of nitrogens with two attached hydrogens (primary N) is 1. The summed E-state index contributed by atoms with van der Waals surface area (Å²) < 4.78 is 7.58. The number of imidazole rings is 1. The number of anilines is 1. The molecular formula is C26H38N6O4. The molecule has 0 unspecified atom stereocenters. The van der Waals surface area contributed by atoms with Crippen LogP contribution >= 0.6 is 0 Å². The minimum atomic E-state index is -1.14. The molecule has 1 fully saturated rings. The molecule has 1 aromatic carbocycles. The quantitative estimate of drug-likeness (QED) is 0.362. The summed E-state index contributed by atoms with van der Waals surface area (Å²) in [7, 11) is 0. The highest BCUT2D eigenvalue weighted by molar-refractivity contribution is 5.98. The monoisotopic (exact) mass is 498 g/mol. The van der Waals surface area contributed by atoms with Crippen molar-refractivity contribution in [3.8, 4) is 0 Å². The highest BCUT2D eigenvalue weighted by Gasteiger charge is 2.28. The Labute approximate surface area is 212 Å². The number of nitrogens with one attached hydrogen (secondary N) is 2. The number of amides is 3. The first-order valence-electron chi connectivity index (χ1n) is 12.5. The van der Waals surface area contributed by atoms with Crippen LogP contribution in [0.3, 0.4) is 0 Å². The average Bonchev–Trinajstić information content (AvgIpc) is 3.53. The van der Waals surface area contributed by atoms with E-state index in [1.807, 2.05) is 39.8 Å². The molecule has 3 amide bonds. The lowest BCUT2D eigenvalue weighted by Gasteiger charge is -2.23. The molecule has 1 aromatic heterocycles. The Bertz CT molecular complexity index is 995. The predicted octanol–water partition coefficient (Wildman–Crippen LogP) is 2.05. The normalized spacial score (nSPS) is 14.5. The van der Waals surface area contributed by atoms with Gasteiger partial charge in [0.2, 0.25) is 11.8 Å². The average molecular weight is 499 g/mol. The molecule has 1 aliphatic heterocycles. The van der Waals surface area contributed by atoms with Crippen molar-refractivity contribution in [2.75, 3.05) is 25.0 Å². The number of hydrogen-bond donors (Lipinski definition) is 3. The number of rotatable bonds is 13. The second-order valence-electron chi connectivity index (χ2n) is 9.78. The van der Waals surface area contributed by atoms with Crippen molar-refractivity contribution in [2.24, 2.45) is 5.73 Å². The lowest BCUT2D eigenvalue weighted by Crippen LogP contribution is -2.56. The summed E-state index contributed by atoms with van der Waals surface area (Å²) in [5.74, 6) is -0.293. The van der Waals surface area contributed by atoms with Crippen LogP contribution in [-0.2, 0) is 32.3 Å². The Hall–Kier alpha value is -3.24. The number of carbonyl (C=O) groups is 3. The second-order valence-corrected chi connectivity index (χ2v) is 9.78. The summed E-state index contributed by atoms with van der Waals surface area (Å²) in [6.07, 6.45) is 7.76. The standard InChI is InChI=1S/C26H38N6O4/c1-26(2,27)25(35)29-21(18-36-17-20-10-4-3-5-11-20)24(34)30-22-16-31(19-28-22)13-7-6-12-23(33)32-14-8-9-15-32/h3-5,10-11,16,19,21H,6-9,12-15,17-18,27H2,1-2H3,(H,29,35)(H,30,34)/t21-/m1/s1. The van der Waals surface area contributed by atoms with Gasteiger partial charge in [0.1, 0.15) is 6.04 Å². The van der Waals surface area contributed by atoms with Crippen molar-refractivity contribution in [1.82, 2.24) is 19.8 Å². The van der Waals surface area contributed by atoms with Gasteiger partial charge in [-0.3, -0.25) is 14.4 Å². The Morgan fingerprint density at radius 2 is 1.86 bits per heavy atom. The highest BCUT2D eigenvalue weighted by atomic mass is 16.5. The van der Waals surface area contributed by atoms with Crippen LogP contribution in [0.1, 0.15) is 51.5 Å². The maximum Gasteiger partial charge on any atom is 0.250 e. The molecule has 4 N–H and O–H groups in total. The molecule has 0 spiro atoms. The largest absolute Gasteiger partial charge is 0.374 e. The van der Waals surface area contributed by atoms with Crippen molar-refractivity contribution >= 4 is 23.5 Å². The van der Waals surface area contributed by atoms with Crippen molar-refractivity contribution in [3.63, 3.8) is 0 Å². The number of aryl methyl sites for hydroxylation is 1. The van der Waals surface area contributed by atoms with Gasteiger partial charge in [0.05, 0.1) is 25.1 Å². The Morgan fingerprint density at radius 1 is 1.14 bits per heavy atom. The van der Waals surface area contributed by atoms with Gasteiger partial charge in [-0.25, -0.2) is 4.98 Å². The van der Waals surface area contributed by atoms with Gasteiger partial charge in [-0.05, 0) is 45.1 Å². The molecule has 2 aromatic rings. The van der Waals surface area contributed by atoms with Crippen LogP contribution in [0.5, 0.6) is 0 Å². The van der Waals surface area contributed by atoms with E-state index in [4.69, 9.17) is 10.5 Å². The number of aromatic nitrogens is 2. The van der Waals surface area contributed by atoms with E-state index < -0.39 is 23.4 Å². The number of ether oxygens (including phenoxy) is 1. The molecular weight excluding hydrogens is 460 g/mol. The molecule has 0 saturated carbocycles. The van der Waals surface area contributed by atoms with Gasteiger partial charge in [-0.1, -0.05) is 30.3 Å². The van der Waals surface area contributed by atoms with Crippen LogP contribution in [0, 0.1) is 0 Å². The fourth-order valence-corrected chi connectivity index (χ4v) is 3.85. The third-order valence-electron chi connectivity index (χ3n) is 6.00. The lowest BCUT2D eigenvalue weighted by molar-refractivity contribution is -0.130. The van der Waals surface area contributed by atoms with Crippen molar-refractivity contribution in [1.29, 1.82) is 0 Å². The summed E-state index contributed by atoms with van der Waals surface area (Å²) in [6, 6.07) is 8.63. The van der Waals surface area contributed by atoms with Crippen LogP contribution in [-0.4, -0.2) is 63.4 Å². The number of nitrogens with zero attached hydrogens (tertiary/aromatic N) is 3. The number of benzene rings is 1. The zero-order valence-electron chi connectivity index (χ0n) is 21.2. The third-order valence-corrected chi connectivity index (χ3v) is 6.00. The van der Waals surface area contributed by atoms with Crippen LogP contribution in [0.15, 0.2) is 42.9 Å². The molecule has 2 heterocycles. The summed E-state index contributed by atoms with van der Waals surface area (Å²) in [5.41, 5.74) is 5.71. The first-order valence-corrected chi connectivity index (χ1v) is 12.5. The van der Waals surface area contributed by atoms with Gasteiger partial charge >= 0.3 is 0 Å². The van der Waals surface area contributed by atoms with E-state index in [1.165, 1.54) is 0 Å². The molecule has 3 rings (SSSR count). The SMILES string of the molecule is CC(C)(N)C(=O)N[C@H](COCc1ccccc1)C(=O)Nc1cn(CCCCC(=O)N2CCCC2)cn1. The predicted molar refractivity (Wildman–Crippen MR) is 137 cm³/mol. The van der Waals surface area contributed by atoms with Gasteiger partial charge in [-0.2, -0.15) is 0 Å². The van der Waals surface area contributed by atoms with Gasteiger partial charge < -0.3 is 30.6 Å². The van der Waals surface area contributed by atoms with Crippen LogP contribution < -0.4 is 16.4 Å². The van der Waals surface area contributed by atoms with E-state index in [9.17, 15) is 14.4 Å². The highest BCUT2D eigenvalue weighted by Crippen LogP contribution is 2.12. The van der Waals surface area contributed by atoms with Crippen LogP contribution in [0.4, 0.5) is 5.82 Å². The topological polar surface area (TPSA) is 132 Å². The molecule has 1 atom stereocenters. The van der Waals surface area contributed by atoms with E-state index in [-0.39, 0.29) is 12.5 Å². The van der Waals surface area contributed by atoms with Crippen LogP contribution in [0.25, 0.3) is 0 Å². The smallest absolute Gasteiger partial charge is 0.250 e. The van der Waals surface area contributed by atoms with E-state index in [0.29, 0.717) is 25.4 Å². The molecule has 0 radical (unpaired) electrons. The second kappa shape index (κ2) is 13.2. The van der Waals surface area contributed by atoms with Gasteiger partial charge in [0, 0.05) is 32.3 Å². The molecule has 196 valence electrons. The number of likely N-dealkylation sites (tertiary alicyclic amines) is 1. The zero-order valence-corrected chi connectivity index (χ0v) is 21.2. The van der Waals surface area contributed by atoms with Crippen LogP contribution in [0.2, 0.25) is 0 Å². The minimum Gasteiger partial charge on any atom is -0.374 e. The van der Waals surface area contributed by atoms with E-state index >= 15 is 0 Å².